The van der Waals surface area contributed by atoms with Crippen LogP contribution < -0.4 is 5.48 Å². The predicted octanol–water partition coefficient (Wildman–Crippen LogP) is 3.75. The number of nitrogens with one attached hydrogen (secondary N) is 1. The number of ketones is 1. The monoisotopic (exact) mass is 327 g/mol. The van der Waals surface area contributed by atoms with Crippen molar-refractivity contribution in [2.24, 2.45) is 0 Å². The second-order valence-corrected chi connectivity index (χ2v) is 5.06. The fourth-order valence-corrected chi connectivity index (χ4v) is 2.13. The third-order valence-electron chi connectivity index (χ3n) is 3.01. The molecule has 1 amide bonds. The largest absolute Gasteiger partial charge is 0.289 e. The first-order valence-electron chi connectivity index (χ1n) is 6.79. The summed E-state index contributed by atoms with van der Waals surface area (Å²) in [5.74, 6) is -0.795. The Labute approximate surface area is 138 Å². The van der Waals surface area contributed by atoms with E-state index >= 15 is 0 Å². The molecule has 116 valence electrons. The molecule has 0 heterocycles. The van der Waals surface area contributed by atoms with Crippen molar-refractivity contribution >= 4 is 35.4 Å². The second-order valence-electron chi connectivity index (χ2n) is 4.66. The lowest BCUT2D eigenvalue weighted by molar-refractivity contribution is -0.124. The molecule has 5 heteroatoms. The van der Waals surface area contributed by atoms with Gasteiger partial charge in [-0.1, -0.05) is 48.0 Å². The number of hydrogen-bond donors (Lipinski definition) is 2. The number of hydroxylamine groups is 1. The lowest BCUT2D eigenvalue weighted by Crippen LogP contribution is -2.14. The standard InChI is InChI=1S/C18H14ClNO3/c19-16-7-2-1-6-15(16)17(21)10-8-13-4-3-5-14(12-13)9-11-18(22)20-23/h1-12,23H,(H,20,22). The van der Waals surface area contributed by atoms with Crippen molar-refractivity contribution in [3.63, 3.8) is 0 Å². The van der Waals surface area contributed by atoms with Gasteiger partial charge in [0.2, 0.25) is 0 Å². The van der Waals surface area contributed by atoms with Gasteiger partial charge >= 0.3 is 0 Å². The van der Waals surface area contributed by atoms with Gasteiger partial charge < -0.3 is 0 Å². The van der Waals surface area contributed by atoms with E-state index in [0.717, 1.165) is 11.1 Å². The minimum absolute atomic E-state index is 0.184. The van der Waals surface area contributed by atoms with Crippen molar-refractivity contribution in [1.82, 2.24) is 5.48 Å². The number of benzene rings is 2. The average Bonchev–Trinajstić information content (AvgIpc) is 2.58. The van der Waals surface area contributed by atoms with Crippen LogP contribution in [-0.2, 0) is 4.79 Å². The Balaban J connectivity index is 2.14. The van der Waals surface area contributed by atoms with Gasteiger partial charge in [0.15, 0.2) is 5.78 Å². The average molecular weight is 328 g/mol. The molecular formula is C18H14ClNO3. The van der Waals surface area contributed by atoms with Crippen LogP contribution >= 0.6 is 11.6 Å². The maximum absolute atomic E-state index is 12.1. The first-order chi connectivity index (χ1) is 11.1. The topological polar surface area (TPSA) is 66.4 Å². The van der Waals surface area contributed by atoms with Crippen molar-refractivity contribution in [2.45, 2.75) is 0 Å². The zero-order valence-electron chi connectivity index (χ0n) is 12.1. The fraction of sp³-hybridized carbons (Fsp3) is 0. The van der Waals surface area contributed by atoms with Crippen molar-refractivity contribution in [3.05, 3.63) is 82.4 Å². The number of hydrogen-bond acceptors (Lipinski definition) is 3. The lowest BCUT2D eigenvalue weighted by Gasteiger charge is -1.99. The summed E-state index contributed by atoms with van der Waals surface area (Å²) in [6.07, 6.45) is 5.89. The zero-order chi connectivity index (χ0) is 16.7. The summed E-state index contributed by atoms with van der Waals surface area (Å²) >= 11 is 5.99. The van der Waals surface area contributed by atoms with Gasteiger partial charge in [0, 0.05) is 11.6 Å². The highest BCUT2D eigenvalue weighted by molar-refractivity contribution is 6.34. The molecule has 0 aliphatic rings. The Hall–Kier alpha value is -2.69. The molecule has 2 rings (SSSR count). The first-order valence-corrected chi connectivity index (χ1v) is 7.17. The Morgan fingerprint density at radius 1 is 0.957 bits per heavy atom. The van der Waals surface area contributed by atoms with Crippen LogP contribution in [0.4, 0.5) is 0 Å². The molecule has 0 spiro atoms. The molecule has 0 saturated heterocycles. The van der Waals surface area contributed by atoms with E-state index < -0.39 is 5.91 Å². The van der Waals surface area contributed by atoms with E-state index in [1.807, 2.05) is 6.07 Å². The summed E-state index contributed by atoms with van der Waals surface area (Å²) < 4.78 is 0. The second kappa shape index (κ2) is 8.08. The van der Waals surface area contributed by atoms with Gasteiger partial charge in [-0.05, 0) is 41.5 Å². The number of amides is 1. The quantitative estimate of drug-likeness (QED) is 0.380. The van der Waals surface area contributed by atoms with Crippen LogP contribution in [0.15, 0.2) is 60.7 Å². The van der Waals surface area contributed by atoms with E-state index in [1.165, 1.54) is 17.6 Å². The van der Waals surface area contributed by atoms with E-state index in [-0.39, 0.29) is 5.78 Å². The van der Waals surface area contributed by atoms with Gasteiger partial charge in [0.1, 0.15) is 0 Å². The van der Waals surface area contributed by atoms with Crippen LogP contribution in [-0.4, -0.2) is 16.9 Å². The molecule has 2 N–H and O–H groups in total. The molecule has 0 unspecified atom stereocenters. The van der Waals surface area contributed by atoms with Crippen LogP contribution in [0.2, 0.25) is 5.02 Å². The van der Waals surface area contributed by atoms with Gasteiger partial charge in [-0.3, -0.25) is 14.8 Å². The van der Waals surface area contributed by atoms with E-state index in [9.17, 15) is 9.59 Å². The Morgan fingerprint density at radius 3 is 2.26 bits per heavy atom. The first kappa shape index (κ1) is 16.7. The Bertz CT molecular complexity index is 781. The van der Waals surface area contributed by atoms with Crippen molar-refractivity contribution < 1.29 is 14.8 Å². The summed E-state index contributed by atoms with van der Waals surface area (Å²) in [5.41, 5.74) is 3.53. The molecule has 23 heavy (non-hydrogen) atoms. The van der Waals surface area contributed by atoms with Crippen LogP contribution in [0.3, 0.4) is 0 Å². The zero-order valence-corrected chi connectivity index (χ0v) is 12.8. The highest BCUT2D eigenvalue weighted by Crippen LogP contribution is 2.16. The maximum atomic E-state index is 12.1. The molecule has 0 radical (unpaired) electrons. The highest BCUT2D eigenvalue weighted by atomic mass is 35.5. The minimum Gasteiger partial charge on any atom is -0.289 e. The van der Waals surface area contributed by atoms with Crippen LogP contribution in [0.5, 0.6) is 0 Å². The Kier molecular flexibility index (Phi) is 5.86. The summed E-state index contributed by atoms with van der Waals surface area (Å²) in [5, 5.41) is 8.84. The molecule has 0 aromatic heterocycles. The molecule has 0 aliphatic carbocycles. The molecule has 0 fully saturated rings. The van der Waals surface area contributed by atoms with Crippen LogP contribution in [0.25, 0.3) is 12.2 Å². The SMILES string of the molecule is O=C(C=Cc1cccc(C=CC(=O)c2ccccc2Cl)c1)NO. The molecule has 0 aliphatic heterocycles. The third-order valence-corrected chi connectivity index (χ3v) is 3.34. The van der Waals surface area contributed by atoms with Gasteiger partial charge in [0.05, 0.1) is 5.02 Å². The van der Waals surface area contributed by atoms with Crippen molar-refractivity contribution in [2.75, 3.05) is 0 Å². The number of carbonyl (C=O) groups is 2. The van der Waals surface area contributed by atoms with Crippen LogP contribution in [0.1, 0.15) is 21.5 Å². The van der Waals surface area contributed by atoms with E-state index in [4.69, 9.17) is 16.8 Å². The maximum Gasteiger partial charge on any atom is 0.267 e. The normalized spacial score (nSPS) is 11.0. The fourth-order valence-electron chi connectivity index (χ4n) is 1.90. The summed E-state index contributed by atoms with van der Waals surface area (Å²) in [4.78, 5) is 23.1. The number of rotatable bonds is 5. The molecular weight excluding hydrogens is 314 g/mol. The minimum atomic E-state index is -0.611. The summed E-state index contributed by atoms with van der Waals surface area (Å²) in [6, 6.07) is 14.1. The predicted molar refractivity (Wildman–Crippen MR) is 90.2 cm³/mol. The van der Waals surface area contributed by atoms with Gasteiger partial charge in [0.25, 0.3) is 5.91 Å². The highest BCUT2D eigenvalue weighted by Gasteiger charge is 2.05. The van der Waals surface area contributed by atoms with Crippen LogP contribution in [0, 0.1) is 0 Å². The van der Waals surface area contributed by atoms with E-state index in [1.54, 1.807) is 54.6 Å². The number of allylic oxidation sites excluding steroid dienone is 1. The van der Waals surface area contributed by atoms with Gasteiger partial charge in [-0.25, -0.2) is 5.48 Å². The number of carbonyl (C=O) groups excluding carboxylic acids is 2. The van der Waals surface area contributed by atoms with E-state index in [0.29, 0.717) is 10.6 Å². The lowest BCUT2D eigenvalue weighted by atomic mass is 10.1. The smallest absolute Gasteiger partial charge is 0.267 e. The molecule has 4 nitrogen and oxygen atoms in total. The molecule has 0 saturated carbocycles. The molecule has 2 aromatic carbocycles. The van der Waals surface area contributed by atoms with Gasteiger partial charge in [-0.15, -0.1) is 0 Å². The van der Waals surface area contributed by atoms with Crippen molar-refractivity contribution in [3.8, 4) is 0 Å². The third kappa shape index (κ3) is 4.92. The molecule has 2 aromatic rings. The summed E-state index contributed by atoms with van der Waals surface area (Å²) in [6.45, 7) is 0. The van der Waals surface area contributed by atoms with E-state index in [2.05, 4.69) is 0 Å². The molecule has 0 bridgehead atoms. The number of halogens is 1. The van der Waals surface area contributed by atoms with Gasteiger partial charge in [-0.2, -0.15) is 0 Å². The Morgan fingerprint density at radius 2 is 1.61 bits per heavy atom. The molecule has 0 atom stereocenters. The van der Waals surface area contributed by atoms with Crippen molar-refractivity contribution in [1.29, 1.82) is 0 Å². The summed E-state index contributed by atoms with van der Waals surface area (Å²) in [7, 11) is 0.